The molecule has 2 N–H and O–H groups in total. The number of carbonyl (C=O) groups is 2. The highest BCUT2D eigenvalue weighted by atomic mass is 16.4. The van der Waals surface area contributed by atoms with Crippen LogP contribution < -0.4 is 0 Å². The van der Waals surface area contributed by atoms with Gasteiger partial charge in [0.15, 0.2) is 0 Å². The third kappa shape index (κ3) is 18.0. The molecule has 0 bridgehead atoms. The summed E-state index contributed by atoms with van der Waals surface area (Å²) < 4.78 is 0. The molecule has 3 unspecified atom stereocenters. The van der Waals surface area contributed by atoms with Crippen LogP contribution in [0.3, 0.4) is 0 Å². The highest BCUT2D eigenvalue weighted by Gasteiger charge is 2.42. The monoisotopic (exact) mass is 524 g/mol. The summed E-state index contributed by atoms with van der Waals surface area (Å²) in [5, 5.41) is 19.4. The number of aliphatic carboxylic acids is 2. The molecule has 0 rings (SSSR count). The van der Waals surface area contributed by atoms with Crippen LogP contribution in [0.15, 0.2) is 0 Å². The molecule has 4 nitrogen and oxygen atoms in total. The molecular weight excluding hydrogens is 460 g/mol. The molecular formula is C33H64O4. The standard InChI is InChI=1S/C33H64O4/c1-6-10-22-29(8-3)26-33(32(36)37,27-30(9-4)23-11-7-2)25-28(5)21-19-17-15-13-12-14-16-18-20-24-31(34)35/h28-30H,6-27H2,1-5H3,(H,34,35)(H,36,37). The van der Waals surface area contributed by atoms with Gasteiger partial charge in [-0.25, -0.2) is 0 Å². The Morgan fingerprint density at radius 2 is 1.03 bits per heavy atom. The van der Waals surface area contributed by atoms with Gasteiger partial charge in [-0.15, -0.1) is 0 Å². The van der Waals surface area contributed by atoms with Crippen LogP contribution in [0.25, 0.3) is 0 Å². The van der Waals surface area contributed by atoms with Crippen LogP contribution >= 0.6 is 0 Å². The van der Waals surface area contributed by atoms with Crippen molar-refractivity contribution >= 4 is 11.9 Å². The van der Waals surface area contributed by atoms with Gasteiger partial charge in [0.05, 0.1) is 5.41 Å². The summed E-state index contributed by atoms with van der Waals surface area (Å²) in [6.07, 6.45) is 23.7. The predicted octanol–water partition coefficient (Wildman–Crippen LogP) is 10.7. The maximum absolute atomic E-state index is 13.0. The van der Waals surface area contributed by atoms with Crippen LogP contribution in [0.5, 0.6) is 0 Å². The molecule has 37 heavy (non-hydrogen) atoms. The first-order valence-corrected chi connectivity index (χ1v) is 16.2. The number of carboxylic acids is 2. The Kier molecular flexibility index (Phi) is 22.2. The van der Waals surface area contributed by atoms with Gasteiger partial charge in [0.2, 0.25) is 0 Å². The lowest BCUT2D eigenvalue weighted by Gasteiger charge is -2.38. The fourth-order valence-electron chi connectivity index (χ4n) is 6.28. The molecule has 0 aromatic carbocycles. The summed E-state index contributed by atoms with van der Waals surface area (Å²) in [6.45, 7) is 11.3. The fourth-order valence-corrected chi connectivity index (χ4v) is 6.28. The molecule has 0 aliphatic rings. The van der Waals surface area contributed by atoms with E-state index in [1.165, 1.54) is 77.0 Å². The number of rotatable bonds is 27. The van der Waals surface area contributed by atoms with E-state index in [1.807, 2.05) is 0 Å². The van der Waals surface area contributed by atoms with E-state index < -0.39 is 17.4 Å². The Bertz CT molecular complexity index is 541. The maximum atomic E-state index is 13.0. The van der Waals surface area contributed by atoms with Crippen molar-refractivity contribution in [2.45, 2.75) is 176 Å². The van der Waals surface area contributed by atoms with Gasteiger partial charge < -0.3 is 10.2 Å². The average molecular weight is 525 g/mol. The van der Waals surface area contributed by atoms with Crippen molar-refractivity contribution in [1.29, 1.82) is 0 Å². The lowest BCUT2D eigenvalue weighted by Crippen LogP contribution is -2.37. The molecule has 0 amide bonds. The Labute approximate surface area is 230 Å². The van der Waals surface area contributed by atoms with Gasteiger partial charge in [0.1, 0.15) is 0 Å². The van der Waals surface area contributed by atoms with Crippen LogP contribution in [0.1, 0.15) is 176 Å². The maximum Gasteiger partial charge on any atom is 0.309 e. The minimum atomic E-state index is -0.682. The zero-order valence-corrected chi connectivity index (χ0v) is 25.5. The van der Waals surface area contributed by atoms with E-state index in [-0.39, 0.29) is 0 Å². The van der Waals surface area contributed by atoms with Gasteiger partial charge in [-0.1, -0.05) is 144 Å². The second-order valence-corrected chi connectivity index (χ2v) is 12.3. The highest BCUT2D eigenvalue weighted by Crippen LogP contribution is 2.44. The van der Waals surface area contributed by atoms with Crippen molar-refractivity contribution in [3.63, 3.8) is 0 Å². The first-order valence-electron chi connectivity index (χ1n) is 16.2. The Morgan fingerprint density at radius 3 is 1.41 bits per heavy atom. The normalized spacial score (nSPS) is 15.7. The summed E-state index contributed by atoms with van der Waals surface area (Å²) in [5.74, 6) is 0.288. The van der Waals surface area contributed by atoms with Gasteiger partial charge in [-0.2, -0.15) is 0 Å². The fraction of sp³-hybridized carbons (Fsp3) is 0.939. The van der Waals surface area contributed by atoms with Crippen molar-refractivity contribution in [2.75, 3.05) is 0 Å². The summed E-state index contributed by atoms with van der Waals surface area (Å²) in [5.41, 5.74) is -0.567. The predicted molar refractivity (Wildman–Crippen MR) is 158 cm³/mol. The molecule has 0 aliphatic carbocycles. The summed E-state index contributed by atoms with van der Waals surface area (Å²) in [4.78, 5) is 23.5. The molecule has 0 spiro atoms. The number of hydrogen-bond donors (Lipinski definition) is 2. The smallest absolute Gasteiger partial charge is 0.309 e. The number of carboxylic acid groups (broad SMARTS) is 2. The van der Waals surface area contributed by atoms with Gasteiger partial charge in [-0.05, 0) is 43.4 Å². The SMILES string of the molecule is CCCCC(CC)CC(CC(C)CCCCCCCCCCCC(=O)O)(CC(CC)CCCC)C(=O)O. The van der Waals surface area contributed by atoms with E-state index in [1.54, 1.807) is 0 Å². The first kappa shape index (κ1) is 35.9. The summed E-state index contributed by atoms with van der Waals surface area (Å²) in [6, 6.07) is 0. The van der Waals surface area contributed by atoms with Crippen LogP contribution in [-0.4, -0.2) is 22.2 Å². The van der Waals surface area contributed by atoms with E-state index in [9.17, 15) is 14.7 Å². The molecule has 0 radical (unpaired) electrons. The van der Waals surface area contributed by atoms with Gasteiger partial charge in [-0.3, -0.25) is 9.59 Å². The summed E-state index contributed by atoms with van der Waals surface area (Å²) in [7, 11) is 0. The quantitative estimate of drug-likeness (QED) is 0.105. The third-order valence-electron chi connectivity index (χ3n) is 8.73. The van der Waals surface area contributed by atoms with E-state index in [0.29, 0.717) is 24.2 Å². The lowest BCUT2D eigenvalue weighted by atomic mass is 9.66. The second-order valence-electron chi connectivity index (χ2n) is 12.3. The van der Waals surface area contributed by atoms with Gasteiger partial charge in [0, 0.05) is 6.42 Å². The zero-order valence-electron chi connectivity index (χ0n) is 25.5. The van der Waals surface area contributed by atoms with Crippen LogP contribution in [0, 0.1) is 23.2 Å². The van der Waals surface area contributed by atoms with Gasteiger partial charge >= 0.3 is 11.9 Å². The Hall–Kier alpha value is -1.06. The van der Waals surface area contributed by atoms with E-state index in [4.69, 9.17) is 5.11 Å². The van der Waals surface area contributed by atoms with Crippen LogP contribution in [-0.2, 0) is 9.59 Å². The first-order chi connectivity index (χ1) is 17.7. The highest BCUT2D eigenvalue weighted by molar-refractivity contribution is 5.74. The van der Waals surface area contributed by atoms with Crippen molar-refractivity contribution in [1.82, 2.24) is 0 Å². The van der Waals surface area contributed by atoms with Crippen molar-refractivity contribution in [3.05, 3.63) is 0 Å². The molecule has 0 aliphatic heterocycles. The average Bonchev–Trinajstić information content (AvgIpc) is 2.86. The molecule has 4 heteroatoms. The van der Waals surface area contributed by atoms with Crippen molar-refractivity contribution in [3.8, 4) is 0 Å². The van der Waals surface area contributed by atoms with E-state index >= 15 is 0 Å². The molecule has 0 saturated heterocycles. The number of hydrogen-bond acceptors (Lipinski definition) is 2. The topological polar surface area (TPSA) is 74.6 Å². The van der Waals surface area contributed by atoms with Crippen molar-refractivity contribution < 1.29 is 19.8 Å². The molecule has 0 saturated carbocycles. The minimum absolute atomic E-state index is 0.303. The molecule has 220 valence electrons. The molecule has 0 aromatic rings. The van der Waals surface area contributed by atoms with Crippen LogP contribution in [0.4, 0.5) is 0 Å². The van der Waals surface area contributed by atoms with Crippen molar-refractivity contribution in [2.24, 2.45) is 23.2 Å². The molecule has 0 aromatic heterocycles. The molecule has 3 atom stereocenters. The largest absolute Gasteiger partial charge is 0.481 e. The summed E-state index contributed by atoms with van der Waals surface area (Å²) >= 11 is 0. The number of unbranched alkanes of at least 4 members (excludes halogenated alkanes) is 10. The van der Waals surface area contributed by atoms with Gasteiger partial charge in [0.25, 0.3) is 0 Å². The molecule has 0 fully saturated rings. The lowest BCUT2D eigenvalue weighted by molar-refractivity contribution is -0.153. The van der Waals surface area contributed by atoms with E-state index in [0.717, 1.165) is 57.8 Å². The van der Waals surface area contributed by atoms with E-state index in [2.05, 4.69) is 34.6 Å². The minimum Gasteiger partial charge on any atom is -0.481 e. The second kappa shape index (κ2) is 22.9. The molecule has 0 heterocycles. The Balaban J connectivity index is 4.80. The zero-order chi connectivity index (χ0) is 27.9. The third-order valence-corrected chi connectivity index (χ3v) is 8.73. The Morgan fingerprint density at radius 1 is 0.595 bits per heavy atom. The van der Waals surface area contributed by atoms with Crippen LogP contribution in [0.2, 0.25) is 0 Å².